The quantitative estimate of drug-likeness (QED) is 0.455. The van der Waals surface area contributed by atoms with E-state index in [2.05, 4.69) is 31.5 Å². The lowest BCUT2D eigenvalue weighted by Gasteiger charge is -2.17. The molecule has 0 spiro atoms. The Hall–Kier alpha value is -0.850. The first kappa shape index (κ1) is 14.7. The van der Waals surface area contributed by atoms with Gasteiger partial charge in [-0.1, -0.05) is 39.8 Å². The van der Waals surface area contributed by atoms with Crippen LogP contribution in [0.5, 0.6) is 0 Å². The van der Waals surface area contributed by atoms with Crippen molar-refractivity contribution in [1.29, 1.82) is 0 Å². The normalized spacial score (nSPS) is 15.2. The minimum absolute atomic E-state index is 0.104. The second-order valence-electron chi connectivity index (χ2n) is 2.79. The molecule has 0 bridgehead atoms. The molecule has 0 amide bonds. The Balaban J connectivity index is 0. The molecular weight excluding hydrogens is 158 g/mol. The van der Waals surface area contributed by atoms with Gasteiger partial charge >= 0.3 is 0 Å². The van der Waals surface area contributed by atoms with Crippen LogP contribution in [0.15, 0.2) is 29.9 Å². The SMILES string of the molecule is C=CC(C)(/C=C\N=CC)CC.CC. The zero-order valence-electron chi connectivity index (χ0n) is 9.67. The van der Waals surface area contributed by atoms with Gasteiger partial charge in [0.15, 0.2) is 0 Å². The topological polar surface area (TPSA) is 12.4 Å². The molecule has 0 fully saturated rings. The van der Waals surface area contributed by atoms with E-state index in [9.17, 15) is 0 Å². The molecule has 13 heavy (non-hydrogen) atoms. The highest BCUT2D eigenvalue weighted by Gasteiger charge is 2.11. The molecule has 1 nitrogen and oxygen atoms in total. The third kappa shape index (κ3) is 7.51. The maximum absolute atomic E-state index is 4.00. The van der Waals surface area contributed by atoms with E-state index in [1.807, 2.05) is 33.0 Å². The monoisotopic (exact) mass is 181 g/mol. The maximum atomic E-state index is 4.00. The van der Waals surface area contributed by atoms with Crippen molar-refractivity contribution in [2.45, 2.75) is 41.0 Å². The molecule has 0 saturated heterocycles. The van der Waals surface area contributed by atoms with Crippen molar-refractivity contribution >= 4 is 6.21 Å². The van der Waals surface area contributed by atoms with Gasteiger partial charge in [0, 0.05) is 17.8 Å². The van der Waals surface area contributed by atoms with Crippen LogP contribution in [0.4, 0.5) is 0 Å². The zero-order valence-corrected chi connectivity index (χ0v) is 9.67. The Bertz CT molecular complexity index is 168. The highest BCUT2D eigenvalue weighted by atomic mass is 14.7. The molecule has 1 unspecified atom stereocenters. The first-order chi connectivity index (χ1) is 6.18. The average Bonchev–Trinajstić information content (AvgIpc) is 2.21. The second kappa shape index (κ2) is 9.24. The van der Waals surface area contributed by atoms with Crippen LogP contribution in [0.25, 0.3) is 0 Å². The van der Waals surface area contributed by atoms with E-state index in [4.69, 9.17) is 0 Å². The molecule has 0 aromatic heterocycles. The van der Waals surface area contributed by atoms with E-state index in [0.29, 0.717) is 0 Å². The molecule has 0 aromatic carbocycles. The van der Waals surface area contributed by atoms with Gasteiger partial charge < -0.3 is 0 Å². The Morgan fingerprint density at radius 1 is 1.38 bits per heavy atom. The lowest BCUT2D eigenvalue weighted by Crippen LogP contribution is -2.05. The van der Waals surface area contributed by atoms with E-state index in [-0.39, 0.29) is 5.41 Å². The van der Waals surface area contributed by atoms with Gasteiger partial charge in [0.25, 0.3) is 0 Å². The zero-order chi connectivity index (χ0) is 10.7. The summed E-state index contributed by atoms with van der Waals surface area (Å²) in [6.45, 7) is 14.0. The van der Waals surface area contributed by atoms with Crippen LogP contribution in [0.1, 0.15) is 41.0 Å². The molecule has 0 aliphatic rings. The number of rotatable bonds is 4. The van der Waals surface area contributed by atoms with E-state index in [1.54, 1.807) is 6.21 Å². The van der Waals surface area contributed by atoms with Gasteiger partial charge in [-0.05, 0) is 13.3 Å². The predicted molar refractivity (Wildman–Crippen MR) is 63.2 cm³/mol. The Kier molecular flexibility index (Phi) is 10.4. The van der Waals surface area contributed by atoms with Crippen LogP contribution < -0.4 is 0 Å². The van der Waals surface area contributed by atoms with Gasteiger partial charge in [-0.2, -0.15) is 0 Å². The Morgan fingerprint density at radius 2 is 1.92 bits per heavy atom. The van der Waals surface area contributed by atoms with Gasteiger partial charge in [0.2, 0.25) is 0 Å². The highest BCUT2D eigenvalue weighted by Crippen LogP contribution is 2.23. The van der Waals surface area contributed by atoms with Crippen molar-refractivity contribution < 1.29 is 0 Å². The lowest BCUT2D eigenvalue weighted by atomic mass is 9.88. The summed E-state index contributed by atoms with van der Waals surface area (Å²) < 4.78 is 0. The van der Waals surface area contributed by atoms with Gasteiger partial charge in [0.05, 0.1) is 0 Å². The predicted octanol–water partition coefficient (Wildman–Crippen LogP) is 4.22. The summed E-state index contributed by atoms with van der Waals surface area (Å²) in [5.74, 6) is 0. The van der Waals surface area contributed by atoms with Crippen LogP contribution in [-0.4, -0.2) is 6.21 Å². The summed E-state index contributed by atoms with van der Waals surface area (Å²) in [5, 5.41) is 0. The molecule has 0 aliphatic carbocycles. The fraction of sp³-hybridized carbons (Fsp3) is 0.583. The summed E-state index contributed by atoms with van der Waals surface area (Å²) >= 11 is 0. The van der Waals surface area contributed by atoms with Crippen molar-refractivity contribution in [3.05, 3.63) is 24.9 Å². The second-order valence-corrected chi connectivity index (χ2v) is 2.79. The first-order valence-electron chi connectivity index (χ1n) is 4.97. The van der Waals surface area contributed by atoms with Gasteiger partial charge in [0.1, 0.15) is 0 Å². The molecule has 1 atom stereocenters. The summed E-state index contributed by atoms with van der Waals surface area (Å²) in [4.78, 5) is 4.00. The van der Waals surface area contributed by atoms with Crippen LogP contribution in [0.2, 0.25) is 0 Å². The minimum Gasteiger partial charge on any atom is -0.270 e. The molecule has 0 aromatic rings. The number of nitrogens with zero attached hydrogens (tertiary/aromatic N) is 1. The van der Waals surface area contributed by atoms with Gasteiger partial charge in [-0.25, -0.2) is 0 Å². The molecule has 0 rings (SSSR count). The van der Waals surface area contributed by atoms with Crippen molar-refractivity contribution in [2.75, 3.05) is 0 Å². The fourth-order valence-corrected chi connectivity index (χ4v) is 0.630. The smallest absolute Gasteiger partial charge is 0.0232 e. The van der Waals surface area contributed by atoms with Crippen molar-refractivity contribution in [3.8, 4) is 0 Å². The number of aliphatic imine (C=N–C) groups is 1. The number of hydrogen-bond acceptors (Lipinski definition) is 1. The largest absolute Gasteiger partial charge is 0.270 e. The van der Waals surface area contributed by atoms with Crippen molar-refractivity contribution in [1.82, 2.24) is 0 Å². The van der Waals surface area contributed by atoms with Gasteiger partial charge in [-0.3, -0.25) is 4.99 Å². The molecule has 0 saturated carbocycles. The van der Waals surface area contributed by atoms with Crippen molar-refractivity contribution in [2.24, 2.45) is 10.4 Å². The average molecular weight is 181 g/mol. The first-order valence-corrected chi connectivity index (χ1v) is 4.97. The highest BCUT2D eigenvalue weighted by molar-refractivity contribution is 5.54. The summed E-state index contributed by atoms with van der Waals surface area (Å²) in [5.41, 5.74) is 0.104. The molecule has 0 aliphatic heterocycles. The molecule has 0 heterocycles. The maximum Gasteiger partial charge on any atom is 0.0232 e. The molecule has 1 heteroatoms. The minimum atomic E-state index is 0.104. The Morgan fingerprint density at radius 3 is 2.23 bits per heavy atom. The van der Waals surface area contributed by atoms with E-state index >= 15 is 0 Å². The number of hydrogen-bond donors (Lipinski definition) is 0. The van der Waals surface area contributed by atoms with Crippen LogP contribution in [0.3, 0.4) is 0 Å². The van der Waals surface area contributed by atoms with Crippen LogP contribution >= 0.6 is 0 Å². The summed E-state index contributed by atoms with van der Waals surface area (Å²) in [7, 11) is 0. The standard InChI is InChI=1S/C10H17N.C2H6/c1-5-10(4,6-2)8-9-11-7-3;1-2/h5,7-9H,1,6H2,2-4H3;1-2H3/b9-8-,11-7?;. The van der Waals surface area contributed by atoms with Crippen LogP contribution in [0, 0.1) is 5.41 Å². The van der Waals surface area contributed by atoms with E-state index in [0.717, 1.165) is 6.42 Å². The molecule has 76 valence electrons. The lowest BCUT2D eigenvalue weighted by molar-refractivity contribution is 0.531. The number of allylic oxidation sites excluding steroid dienone is 2. The molecule has 0 N–H and O–H groups in total. The summed E-state index contributed by atoms with van der Waals surface area (Å²) in [6.07, 6.45) is 8.68. The van der Waals surface area contributed by atoms with Crippen LogP contribution in [-0.2, 0) is 0 Å². The van der Waals surface area contributed by atoms with Gasteiger partial charge in [-0.15, -0.1) is 6.58 Å². The van der Waals surface area contributed by atoms with E-state index in [1.165, 1.54) is 0 Å². The Labute approximate surface area is 83.3 Å². The van der Waals surface area contributed by atoms with Crippen molar-refractivity contribution in [3.63, 3.8) is 0 Å². The molecular formula is C12H23N. The van der Waals surface area contributed by atoms with E-state index < -0.39 is 0 Å². The molecule has 0 radical (unpaired) electrons. The third-order valence-electron chi connectivity index (χ3n) is 1.92. The third-order valence-corrected chi connectivity index (χ3v) is 1.92. The fourth-order valence-electron chi connectivity index (χ4n) is 0.630. The summed E-state index contributed by atoms with van der Waals surface area (Å²) in [6, 6.07) is 0.